The summed E-state index contributed by atoms with van der Waals surface area (Å²) in [5.74, 6) is 0. The molecule has 0 aromatic heterocycles. The summed E-state index contributed by atoms with van der Waals surface area (Å²) in [7, 11) is 0. The van der Waals surface area contributed by atoms with Gasteiger partial charge in [0.2, 0.25) is 0 Å². The standard InChI is InChI=1S/C15H15Cl/c1-10-6-11(2)8-14(7-10)13-4-5-15(16)12(3)9-13/h4-9H,1-3H3. The van der Waals surface area contributed by atoms with Crippen LogP contribution in [0.1, 0.15) is 16.7 Å². The lowest BCUT2D eigenvalue weighted by atomic mass is 9.99. The van der Waals surface area contributed by atoms with Crippen LogP contribution in [0.4, 0.5) is 0 Å². The van der Waals surface area contributed by atoms with Crippen molar-refractivity contribution in [2.24, 2.45) is 0 Å². The van der Waals surface area contributed by atoms with Crippen LogP contribution in [0, 0.1) is 20.8 Å². The second-order valence-corrected chi connectivity index (χ2v) is 4.75. The number of hydrogen-bond acceptors (Lipinski definition) is 0. The van der Waals surface area contributed by atoms with Crippen LogP contribution in [0.2, 0.25) is 5.02 Å². The van der Waals surface area contributed by atoms with Gasteiger partial charge in [-0.25, -0.2) is 0 Å². The van der Waals surface area contributed by atoms with Gasteiger partial charge in [-0.2, -0.15) is 0 Å². The molecule has 0 saturated carbocycles. The molecule has 0 nitrogen and oxygen atoms in total. The Bertz CT molecular complexity index is 507. The molecule has 16 heavy (non-hydrogen) atoms. The van der Waals surface area contributed by atoms with E-state index in [1.165, 1.54) is 22.3 Å². The Hall–Kier alpha value is -1.27. The highest BCUT2D eigenvalue weighted by atomic mass is 35.5. The van der Waals surface area contributed by atoms with E-state index in [0.29, 0.717) is 0 Å². The lowest BCUT2D eigenvalue weighted by Crippen LogP contribution is -1.84. The van der Waals surface area contributed by atoms with Gasteiger partial charge < -0.3 is 0 Å². The molecule has 0 fully saturated rings. The van der Waals surface area contributed by atoms with Crippen molar-refractivity contribution in [2.75, 3.05) is 0 Å². The quantitative estimate of drug-likeness (QED) is 0.652. The minimum Gasteiger partial charge on any atom is -0.0841 e. The molecular formula is C15H15Cl. The highest BCUT2D eigenvalue weighted by molar-refractivity contribution is 6.31. The number of aryl methyl sites for hydroxylation is 3. The molecule has 0 aliphatic rings. The lowest BCUT2D eigenvalue weighted by Gasteiger charge is -2.07. The molecule has 0 N–H and O–H groups in total. The fourth-order valence-corrected chi connectivity index (χ4v) is 2.08. The van der Waals surface area contributed by atoms with Gasteiger partial charge in [-0.3, -0.25) is 0 Å². The van der Waals surface area contributed by atoms with Gasteiger partial charge in [0.05, 0.1) is 0 Å². The van der Waals surface area contributed by atoms with E-state index in [-0.39, 0.29) is 0 Å². The third-order valence-electron chi connectivity index (χ3n) is 2.71. The number of rotatable bonds is 1. The van der Waals surface area contributed by atoms with Crippen LogP contribution in [0.3, 0.4) is 0 Å². The maximum Gasteiger partial charge on any atom is 0.0435 e. The Labute approximate surface area is 102 Å². The number of benzene rings is 2. The van der Waals surface area contributed by atoms with Crippen molar-refractivity contribution in [3.05, 3.63) is 58.1 Å². The van der Waals surface area contributed by atoms with E-state index in [9.17, 15) is 0 Å². The monoisotopic (exact) mass is 230 g/mol. The fraction of sp³-hybridized carbons (Fsp3) is 0.200. The molecular weight excluding hydrogens is 216 g/mol. The van der Waals surface area contributed by atoms with Crippen LogP contribution < -0.4 is 0 Å². The minimum absolute atomic E-state index is 0.827. The first-order chi connectivity index (χ1) is 7.56. The molecule has 0 amide bonds. The first-order valence-corrected chi connectivity index (χ1v) is 5.79. The van der Waals surface area contributed by atoms with Gasteiger partial charge >= 0.3 is 0 Å². The Balaban J connectivity index is 2.54. The number of hydrogen-bond donors (Lipinski definition) is 0. The summed E-state index contributed by atoms with van der Waals surface area (Å²) in [4.78, 5) is 0. The van der Waals surface area contributed by atoms with Crippen LogP contribution >= 0.6 is 11.6 Å². The molecule has 0 aliphatic heterocycles. The van der Waals surface area contributed by atoms with E-state index in [0.717, 1.165) is 10.6 Å². The van der Waals surface area contributed by atoms with Crippen LogP contribution in [0.5, 0.6) is 0 Å². The van der Waals surface area contributed by atoms with E-state index in [2.05, 4.69) is 44.2 Å². The van der Waals surface area contributed by atoms with Gasteiger partial charge in [-0.05, 0) is 49.6 Å². The van der Waals surface area contributed by atoms with E-state index in [4.69, 9.17) is 11.6 Å². The summed E-state index contributed by atoms with van der Waals surface area (Å²) in [6, 6.07) is 12.8. The molecule has 0 unspecified atom stereocenters. The van der Waals surface area contributed by atoms with E-state index in [1.54, 1.807) is 0 Å². The van der Waals surface area contributed by atoms with Gasteiger partial charge in [0, 0.05) is 5.02 Å². The van der Waals surface area contributed by atoms with Crippen molar-refractivity contribution in [1.29, 1.82) is 0 Å². The normalized spacial score (nSPS) is 10.5. The van der Waals surface area contributed by atoms with Gasteiger partial charge in [0.15, 0.2) is 0 Å². The van der Waals surface area contributed by atoms with Crippen LogP contribution in [-0.4, -0.2) is 0 Å². The van der Waals surface area contributed by atoms with Crippen LogP contribution in [0.25, 0.3) is 11.1 Å². The van der Waals surface area contributed by atoms with Gasteiger partial charge in [-0.1, -0.05) is 47.0 Å². The smallest absolute Gasteiger partial charge is 0.0435 e. The minimum atomic E-state index is 0.827. The second kappa shape index (κ2) is 4.31. The van der Waals surface area contributed by atoms with Crippen LogP contribution in [0.15, 0.2) is 36.4 Å². The first-order valence-electron chi connectivity index (χ1n) is 5.41. The predicted octanol–water partition coefficient (Wildman–Crippen LogP) is 4.93. The summed E-state index contributed by atoms with van der Waals surface area (Å²) in [5.41, 5.74) is 6.20. The predicted molar refractivity (Wildman–Crippen MR) is 71.1 cm³/mol. The van der Waals surface area contributed by atoms with E-state index < -0.39 is 0 Å². The van der Waals surface area contributed by atoms with Crippen molar-refractivity contribution < 1.29 is 0 Å². The van der Waals surface area contributed by atoms with Gasteiger partial charge in [0.25, 0.3) is 0 Å². The zero-order valence-electron chi connectivity index (χ0n) is 9.84. The highest BCUT2D eigenvalue weighted by Crippen LogP contribution is 2.26. The highest BCUT2D eigenvalue weighted by Gasteiger charge is 2.02. The molecule has 2 rings (SSSR count). The average Bonchev–Trinajstić information content (AvgIpc) is 2.20. The van der Waals surface area contributed by atoms with E-state index in [1.807, 2.05) is 13.0 Å². The molecule has 0 saturated heterocycles. The zero-order chi connectivity index (χ0) is 11.7. The summed E-state index contributed by atoms with van der Waals surface area (Å²) in [6.45, 7) is 6.28. The molecule has 0 aliphatic carbocycles. The molecule has 0 bridgehead atoms. The van der Waals surface area contributed by atoms with Crippen molar-refractivity contribution in [1.82, 2.24) is 0 Å². The molecule has 1 heteroatoms. The van der Waals surface area contributed by atoms with Crippen LogP contribution in [-0.2, 0) is 0 Å². The molecule has 0 heterocycles. The molecule has 82 valence electrons. The maximum absolute atomic E-state index is 6.03. The van der Waals surface area contributed by atoms with Crippen molar-refractivity contribution in [2.45, 2.75) is 20.8 Å². The van der Waals surface area contributed by atoms with Crippen molar-refractivity contribution in [3.8, 4) is 11.1 Å². The lowest BCUT2D eigenvalue weighted by molar-refractivity contribution is 1.38. The second-order valence-electron chi connectivity index (χ2n) is 4.34. The summed E-state index contributed by atoms with van der Waals surface area (Å²) < 4.78 is 0. The Kier molecular flexibility index (Phi) is 3.02. The SMILES string of the molecule is Cc1cc(C)cc(-c2ccc(Cl)c(C)c2)c1. The van der Waals surface area contributed by atoms with Crippen molar-refractivity contribution >= 4 is 11.6 Å². The zero-order valence-corrected chi connectivity index (χ0v) is 10.6. The van der Waals surface area contributed by atoms with Gasteiger partial charge in [-0.15, -0.1) is 0 Å². The molecule has 2 aromatic carbocycles. The molecule has 0 radical (unpaired) electrons. The number of halogens is 1. The Morgan fingerprint density at radius 2 is 1.38 bits per heavy atom. The summed E-state index contributed by atoms with van der Waals surface area (Å²) >= 11 is 6.03. The van der Waals surface area contributed by atoms with Gasteiger partial charge in [0.1, 0.15) is 0 Å². The van der Waals surface area contributed by atoms with Crippen molar-refractivity contribution in [3.63, 3.8) is 0 Å². The molecule has 0 atom stereocenters. The largest absolute Gasteiger partial charge is 0.0841 e. The third-order valence-corrected chi connectivity index (χ3v) is 3.14. The maximum atomic E-state index is 6.03. The first kappa shape index (κ1) is 11.2. The fourth-order valence-electron chi connectivity index (χ4n) is 1.97. The Morgan fingerprint density at radius 1 is 0.750 bits per heavy atom. The summed E-state index contributed by atoms with van der Waals surface area (Å²) in [5, 5.41) is 0.827. The summed E-state index contributed by atoms with van der Waals surface area (Å²) in [6.07, 6.45) is 0. The average molecular weight is 231 g/mol. The third kappa shape index (κ3) is 2.28. The topological polar surface area (TPSA) is 0 Å². The Morgan fingerprint density at radius 3 is 1.94 bits per heavy atom. The van der Waals surface area contributed by atoms with E-state index >= 15 is 0 Å². The molecule has 2 aromatic rings. The molecule has 0 spiro atoms.